The van der Waals surface area contributed by atoms with Gasteiger partial charge in [-0.1, -0.05) is 61.9 Å². The molecule has 0 aliphatic rings. The van der Waals surface area contributed by atoms with Gasteiger partial charge < -0.3 is 15.0 Å². The topological polar surface area (TPSA) is 113 Å². The van der Waals surface area contributed by atoms with Crippen molar-refractivity contribution >= 4 is 17.7 Å². The van der Waals surface area contributed by atoms with E-state index < -0.39 is 0 Å². The molecule has 1 heterocycles. The zero-order chi connectivity index (χ0) is 26.0. The molecule has 0 aliphatic carbocycles. The molecule has 0 spiro atoms. The summed E-state index contributed by atoms with van der Waals surface area (Å²) in [6, 6.07) is 22.6. The number of aromatic nitrogens is 4. The fraction of sp³-hybridized carbons (Fsp3) is 0.250. The van der Waals surface area contributed by atoms with Crippen molar-refractivity contribution in [2.75, 3.05) is 18.5 Å². The second kappa shape index (κ2) is 12.4. The lowest BCUT2D eigenvalue weighted by Gasteiger charge is -2.23. The highest BCUT2D eigenvalue weighted by Gasteiger charge is 2.16. The van der Waals surface area contributed by atoms with Gasteiger partial charge in [0.15, 0.2) is 0 Å². The Morgan fingerprint density at radius 3 is 2.32 bits per heavy atom. The maximum atomic E-state index is 13.1. The average molecular weight is 499 g/mol. The normalized spacial score (nSPS) is 10.6. The van der Waals surface area contributed by atoms with Gasteiger partial charge in [0.05, 0.1) is 12.2 Å². The molecule has 9 heteroatoms. The molecule has 0 radical (unpaired) electrons. The van der Waals surface area contributed by atoms with Gasteiger partial charge in [0.25, 0.3) is 0 Å². The van der Waals surface area contributed by atoms with Gasteiger partial charge in [0, 0.05) is 24.3 Å². The van der Waals surface area contributed by atoms with Crippen LogP contribution in [-0.2, 0) is 11.3 Å². The minimum absolute atomic E-state index is 0.191. The molecule has 2 N–H and O–H groups in total. The van der Waals surface area contributed by atoms with Crippen molar-refractivity contribution in [3.63, 3.8) is 0 Å². The Bertz CT molecular complexity index is 1300. The largest absolute Gasteiger partial charge is 0.462 e. The van der Waals surface area contributed by atoms with Crippen LogP contribution in [0.15, 0.2) is 72.8 Å². The number of carbonyl (C=O) groups is 2. The zero-order valence-electron chi connectivity index (χ0n) is 21.0. The second-order valence-electron chi connectivity index (χ2n) is 8.48. The molecule has 0 bridgehead atoms. The van der Waals surface area contributed by atoms with E-state index in [1.165, 1.54) is 0 Å². The van der Waals surface area contributed by atoms with Gasteiger partial charge in [-0.15, -0.1) is 10.2 Å². The van der Waals surface area contributed by atoms with Gasteiger partial charge in [0.2, 0.25) is 5.82 Å². The first kappa shape index (κ1) is 25.6. The van der Waals surface area contributed by atoms with Crippen LogP contribution < -0.4 is 5.32 Å². The first-order chi connectivity index (χ1) is 18.1. The van der Waals surface area contributed by atoms with Crippen molar-refractivity contribution in [1.82, 2.24) is 25.5 Å². The van der Waals surface area contributed by atoms with E-state index in [0.717, 1.165) is 35.1 Å². The number of benzene rings is 3. The smallest absolute Gasteiger partial charge is 0.338 e. The van der Waals surface area contributed by atoms with Crippen LogP contribution in [0.4, 0.5) is 10.5 Å². The van der Waals surface area contributed by atoms with Crippen LogP contribution in [0.1, 0.15) is 42.6 Å². The molecular weight excluding hydrogens is 468 g/mol. The molecule has 4 aromatic rings. The van der Waals surface area contributed by atoms with Crippen LogP contribution >= 0.6 is 0 Å². The lowest BCUT2D eigenvalue weighted by molar-refractivity contribution is 0.0526. The highest BCUT2D eigenvalue weighted by Crippen LogP contribution is 2.30. The van der Waals surface area contributed by atoms with Crippen LogP contribution in [0.5, 0.6) is 0 Å². The first-order valence-corrected chi connectivity index (χ1v) is 12.3. The Balaban J connectivity index is 1.46. The quantitative estimate of drug-likeness (QED) is 0.277. The van der Waals surface area contributed by atoms with Crippen LogP contribution in [0, 0.1) is 0 Å². The Morgan fingerprint density at radius 1 is 0.946 bits per heavy atom. The average Bonchev–Trinajstić information content (AvgIpc) is 3.47. The predicted molar refractivity (Wildman–Crippen MR) is 142 cm³/mol. The van der Waals surface area contributed by atoms with Crippen LogP contribution in [0.25, 0.3) is 22.5 Å². The summed E-state index contributed by atoms with van der Waals surface area (Å²) in [4.78, 5) is 26.8. The lowest BCUT2D eigenvalue weighted by atomic mass is 9.98. The Hall–Kier alpha value is -4.53. The van der Waals surface area contributed by atoms with Crippen molar-refractivity contribution in [3.8, 4) is 22.5 Å². The molecule has 2 amide bonds. The number of carbonyl (C=O) groups excluding carboxylic acids is 2. The van der Waals surface area contributed by atoms with Gasteiger partial charge in [-0.25, -0.2) is 9.59 Å². The number of nitrogens with one attached hydrogen (secondary N) is 2. The van der Waals surface area contributed by atoms with Crippen molar-refractivity contribution in [2.45, 2.75) is 33.2 Å². The molecule has 1 aromatic heterocycles. The predicted octanol–water partition coefficient (Wildman–Crippen LogP) is 5.54. The SMILES string of the molecule is CCCCN(Cc1ccc(-c2ccccc2-c2nn[nH]n2)cc1)C(=O)Nc1ccc(C(=O)OCC)cc1. The van der Waals surface area contributed by atoms with E-state index in [1.807, 2.05) is 48.5 Å². The first-order valence-electron chi connectivity index (χ1n) is 12.3. The van der Waals surface area contributed by atoms with E-state index >= 15 is 0 Å². The molecule has 3 aromatic carbocycles. The molecular formula is C28H30N6O3. The van der Waals surface area contributed by atoms with Gasteiger partial charge in [0.1, 0.15) is 0 Å². The highest BCUT2D eigenvalue weighted by atomic mass is 16.5. The highest BCUT2D eigenvalue weighted by molar-refractivity contribution is 5.92. The Kier molecular flexibility index (Phi) is 8.59. The van der Waals surface area contributed by atoms with Gasteiger partial charge in [-0.2, -0.15) is 5.21 Å². The summed E-state index contributed by atoms with van der Waals surface area (Å²) in [5, 5.41) is 17.3. The summed E-state index contributed by atoms with van der Waals surface area (Å²) in [6.45, 7) is 5.28. The van der Waals surface area contributed by atoms with E-state index in [4.69, 9.17) is 4.74 Å². The summed E-state index contributed by atoms with van der Waals surface area (Å²) in [6.07, 6.45) is 1.87. The summed E-state index contributed by atoms with van der Waals surface area (Å²) >= 11 is 0. The molecule has 0 atom stereocenters. The van der Waals surface area contributed by atoms with Crippen molar-refractivity contribution < 1.29 is 14.3 Å². The minimum Gasteiger partial charge on any atom is -0.462 e. The van der Waals surface area contributed by atoms with Crippen LogP contribution in [0.2, 0.25) is 0 Å². The maximum Gasteiger partial charge on any atom is 0.338 e. The van der Waals surface area contributed by atoms with Crippen molar-refractivity contribution in [2.24, 2.45) is 0 Å². The molecule has 4 rings (SSSR count). The van der Waals surface area contributed by atoms with Crippen LogP contribution in [0.3, 0.4) is 0 Å². The van der Waals surface area contributed by atoms with Gasteiger partial charge in [-0.05, 0) is 59.5 Å². The number of unbranched alkanes of at least 4 members (excludes halogenated alkanes) is 1. The van der Waals surface area contributed by atoms with E-state index in [0.29, 0.717) is 36.8 Å². The van der Waals surface area contributed by atoms with Crippen molar-refractivity contribution in [3.05, 3.63) is 83.9 Å². The van der Waals surface area contributed by atoms with E-state index in [1.54, 1.807) is 36.1 Å². The Labute approximate surface area is 215 Å². The van der Waals surface area contributed by atoms with E-state index in [-0.39, 0.29) is 12.0 Å². The molecule has 0 unspecified atom stereocenters. The number of anilines is 1. The number of H-pyrrole nitrogens is 1. The molecule has 0 aliphatic heterocycles. The standard InChI is InChI=1S/C28H30N6O3/c1-3-5-18-34(28(36)29-23-16-14-22(15-17-23)27(35)37-4-2)19-20-10-12-21(13-11-20)24-8-6-7-9-25(24)26-30-32-33-31-26/h6-17H,3-5,18-19H2,1-2H3,(H,29,36)(H,30,31,32,33). The zero-order valence-corrected chi connectivity index (χ0v) is 21.0. The Morgan fingerprint density at radius 2 is 1.68 bits per heavy atom. The number of esters is 1. The van der Waals surface area contributed by atoms with Crippen LogP contribution in [-0.4, -0.2) is 50.7 Å². The third-order valence-corrected chi connectivity index (χ3v) is 5.87. The number of hydrogen-bond donors (Lipinski definition) is 2. The fourth-order valence-corrected chi connectivity index (χ4v) is 3.92. The second-order valence-corrected chi connectivity index (χ2v) is 8.48. The number of ether oxygens (including phenoxy) is 1. The summed E-state index contributed by atoms with van der Waals surface area (Å²) < 4.78 is 5.01. The number of aromatic amines is 1. The summed E-state index contributed by atoms with van der Waals surface area (Å²) in [5.74, 6) is 0.158. The minimum atomic E-state index is -0.381. The summed E-state index contributed by atoms with van der Waals surface area (Å²) in [7, 11) is 0. The van der Waals surface area contributed by atoms with E-state index in [9.17, 15) is 9.59 Å². The van der Waals surface area contributed by atoms with E-state index in [2.05, 4.69) is 32.9 Å². The molecule has 9 nitrogen and oxygen atoms in total. The number of amides is 2. The van der Waals surface area contributed by atoms with Gasteiger partial charge >= 0.3 is 12.0 Å². The number of rotatable bonds is 10. The lowest BCUT2D eigenvalue weighted by Crippen LogP contribution is -2.35. The number of urea groups is 1. The molecule has 0 fully saturated rings. The monoisotopic (exact) mass is 498 g/mol. The molecule has 0 saturated heterocycles. The molecule has 37 heavy (non-hydrogen) atoms. The van der Waals surface area contributed by atoms with Crippen molar-refractivity contribution in [1.29, 1.82) is 0 Å². The molecule has 0 saturated carbocycles. The maximum absolute atomic E-state index is 13.1. The third-order valence-electron chi connectivity index (χ3n) is 5.87. The third kappa shape index (κ3) is 6.58. The fourth-order valence-electron chi connectivity index (χ4n) is 3.92. The number of nitrogens with zero attached hydrogens (tertiary/aromatic N) is 4. The number of hydrogen-bond acceptors (Lipinski definition) is 6. The number of tetrazole rings is 1. The van der Waals surface area contributed by atoms with Gasteiger partial charge in [-0.3, -0.25) is 0 Å². The summed E-state index contributed by atoms with van der Waals surface area (Å²) in [5.41, 5.74) is 5.00. The molecule has 190 valence electrons.